The van der Waals surface area contributed by atoms with Gasteiger partial charge in [0.05, 0.1) is 5.69 Å². The lowest BCUT2D eigenvalue weighted by molar-refractivity contribution is 0.869. The molecule has 0 radical (unpaired) electrons. The number of benzene rings is 1. The highest BCUT2D eigenvalue weighted by atomic mass is 16.1. The highest BCUT2D eigenvalue weighted by Crippen LogP contribution is 2.19. The monoisotopic (exact) mass is 309 g/mol. The second-order valence-corrected chi connectivity index (χ2v) is 6.18. The maximum absolute atomic E-state index is 12.4. The summed E-state index contributed by atoms with van der Waals surface area (Å²) in [6.45, 7) is 5.95. The molecule has 0 unspecified atom stereocenters. The molecule has 0 aliphatic carbocycles. The third kappa shape index (κ3) is 2.40. The quantitative estimate of drug-likeness (QED) is 0.789. The van der Waals surface area contributed by atoms with E-state index in [9.17, 15) is 4.79 Å². The first-order chi connectivity index (χ1) is 11.1. The van der Waals surface area contributed by atoms with Gasteiger partial charge in [-0.15, -0.1) is 5.10 Å². The van der Waals surface area contributed by atoms with E-state index in [4.69, 9.17) is 0 Å². The first kappa shape index (κ1) is 14.0. The summed E-state index contributed by atoms with van der Waals surface area (Å²) in [5, 5.41) is 5.06. The Kier molecular flexibility index (Phi) is 3.18. The molecule has 0 atom stereocenters. The molecule has 23 heavy (non-hydrogen) atoms. The molecule has 6 heteroatoms. The Morgan fingerprint density at radius 3 is 2.74 bits per heavy atom. The highest BCUT2D eigenvalue weighted by Gasteiger charge is 2.17. The van der Waals surface area contributed by atoms with E-state index < -0.39 is 0 Å². The van der Waals surface area contributed by atoms with Crippen molar-refractivity contribution in [3.8, 4) is 5.69 Å². The van der Waals surface area contributed by atoms with E-state index in [0.29, 0.717) is 17.0 Å². The van der Waals surface area contributed by atoms with Gasteiger partial charge in [-0.05, 0) is 43.9 Å². The number of aryl methyl sites for hydroxylation is 2. The van der Waals surface area contributed by atoms with Crippen molar-refractivity contribution in [2.45, 2.75) is 26.7 Å². The van der Waals surface area contributed by atoms with Crippen molar-refractivity contribution >= 4 is 17.0 Å². The molecule has 3 aromatic rings. The Hall–Kier alpha value is -2.63. The summed E-state index contributed by atoms with van der Waals surface area (Å²) in [6.07, 6.45) is 4.04. The van der Waals surface area contributed by atoms with E-state index in [-0.39, 0.29) is 5.56 Å². The van der Waals surface area contributed by atoms with E-state index in [1.54, 1.807) is 10.9 Å². The van der Waals surface area contributed by atoms with Crippen LogP contribution in [0, 0.1) is 13.8 Å². The predicted octanol–water partition coefficient (Wildman–Crippen LogP) is 2.33. The van der Waals surface area contributed by atoms with Gasteiger partial charge in [-0.3, -0.25) is 9.78 Å². The number of anilines is 1. The van der Waals surface area contributed by atoms with Crippen LogP contribution in [0.3, 0.4) is 0 Å². The van der Waals surface area contributed by atoms with Gasteiger partial charge in [0, 0.05) is 19.3 Å². The molecule has 1 aromatic carbocycles. The van der Waals surface area contributed by atoms with Crippen LogP contribution in [0.5, 0.6) is 0 Å². The molecule has 1 aliphatic rings. The zero-order chi connectivity index (χ0) is 16.0. The molecule has 0 amide bonds. The summed E-state index contributed by atoms with van der Waals surface area (Å²) in [6, 6.07) is 6.19. The summed E-state index contributed by atoms with van der Waals surface area (Å²) in [7, 11) is 0. The normalized spacial score (nSPS) is 14.8. The number of rotatable bonds is 2. The van der Waals surface area contributed by atoms with Gasteiger partial charge in [0.25, 0.3) is 5.56 Å². The number of aromatic amines is 1. The fourth-order valence-corrected chi connectivity index (χ4v) is 3.07. The molecule has 4 rings (SSSR count). The first-order valence-corrected chi connectivity index (χ1v) is 7.94. The molecule has 6 nitrogen and oxygen atoms in total. The van der Waals surface area contributed by atoms with Crippen LogP contribution in [0.2, 0.25) is 0 Å². The van der Waals surface area contributed by atoms with Crippen molar-refractivity contribution in [3.05, 3.63) is 45.9 Å². The number of hydrogen-bond donors (Lipinski definition) is 1. The second kappa shape index (κ2) is 5.22. The van der Waals surface area contributed by atoms with Crippen LogP contribution in [0.4, 0.5) is 5.95 Å². The maximum Gasteiger partial charge on any atom is 0.263 e. The number of fused-ring (bicyclic) bond motifs is 1. The van der Waals surface area contributed by atoms with Crippen molar-refractivity contribution in [1.82, 2.24) is 19.7 Å². The third-order valence-corrected chi connectivity index (χ3v) is 4.39. The Labute approximate surface area is 133 Å². The van der Waals surface area contributed by atoms with E-state index in [2.05, 4.69) is 38.2 Å². The van der Waals surface area contributed by atoms with E-state index in [0.717, 1.165) is 42.7 Å². The molecule has 1 fully saturated rings. The van der Waals surface area contributed by atoms with E-state index >= 15 is 0 Å². The minimum atomic E-state index is -0.131. The largest absolute Gasteiger partial charge is 0.342 e. The van der Waals surface area contributed by atoms with Gasteiger partial charge in [-0.2, -0.15) is 4.98 Å². The first-order valence-electron chi connectivity index (χ1n) is 7.94. The lowest BCUT2D eigenvalue weighted by Gasteiger charge is -2.14. The van der Waals surface area contributed by atoms with Crippen molar-refractivity contribution in [3.63, 3.8) is 0 Å². The Morgan fingerprint density at radius 1 is 1.17 bits per heavy atom. The van der Waals surface area contributed by atoms with Gasteiger partial charge in [0.1, 0.15) is 5.39 Å². The number of aromatic nitrogens is 4. The molecule has 2 aromatic heterocycles. The summed E-state index contributed by atoms with van der Waals surface area (Å²) in [5.41, 5.74) is 3.61. The van der Waals surface area contributed by atoms with Gasteiger partial charge in [-0.1, -0.05) is 12.1 Å². The molecular formula is C17H19N5O. The summed E-state index contributed by atoms with van der Waals surface area (Å²) >= 11 is 0. The zero-order valence-corrected chi connectivity index (χ0v) is 13.3. The molecule has 118 valence electrons. The van der Waals surface area contributed by atoms with Crippen LogP contribution in [-0.4, -0.2) is 32.8 Å². The van der Waals surface area contributed by atoms with Crippen molar-refractivity contribution in [1.29, 1.82) is 0 Å². The lowest BCUT2D eigenvalue weighted by atomic mass is 10.1. The maximum atomic E-state index is 12.4. The van der Waals surface area contributed by atoms with Crippen molar-refractivity contribution < 1.29 is 0 Å². The standard InChI is InChI=1S/C17H19N5O/c1-11-5-6-12(2)14(9-11)22-10-13-15(20-22)18-17(19-16(13)23)21-7-3-4-8-21/h5-6,9-10H,3-4,7-8H2,1-2H3,(H,18,19,20,23). The summed E-state index contributed by atoms with van der Waals surface area (Å²) in [5.74, 6) is 0.631. The highest BCUT2D eigenvalue weighted by molar-refractivity contribution is 5.74. The Balaban J connectivity index is 1.86. The van der Waals surface area contributed by atoms with Gasteiger partial charge in [-0.25, -0.2) is 4.68 Å². The smallest absolute Gasteiger partial charge is 0.263 e. The van der Waals surface area contributed by atoms with Crippen molar-refractivity contribution in [2.75, 3.05) is 18.0 Å². The van der Waals surface area contributed by atoms with Gasteiger partial charge < -0.3 is 4.90 Å². The summed E-state index contributed by atoms with van der Waals surface area (Å²) < 4.78 is 1.75. The van der Waals surface area contributed by atoms with Crippen LogP contribution in [0.1, 0.15) is 24.0 Å². The molecule has 3 heterocycles. The van der Waals surface area contributed by atoms with Crippen molar-refractivity contribution in [2.24, 2.45) is 0 Å². The second-order valence-electron chi connectivity index (χ2n) is 6.18. The predicted molar refractivity (Wildman–Crippen MR) is 90.4 cm³/mol. The van der Waals surface area contributed by atoms with Crippen LogP contribution in [0.25, 0.3) is 16.7 Å². The van der Waals surface area contributed by atoms with Gasteiger partial charge in [0.2, 0.25) is 5.95 Å². The van der Waals surface area contributed by atoms with Crippen LogP contribution in [-0.2, 0) is 0 Å². The minimum Gasteiger partial charge on any atom is -0.342 e. The molecule has 0 saturated carbocycles. The zero-order valence-electron chi connectivity index (χ0n) is 13.3. The molecule has 1 N–H and O–H groups in total. The summed E-state index contributed by atoms with van der Waals surface area (Å²) in [4.78, 5) is 21.9. The average molecular weight is 309 g/mol. The Morgan fingerprint density at radius 2 is 1.96 bits per heavy atom. The van der Waals surface area contributed by atoms with E-state index in [1.165, 1.54) is 0 Å². The van der Waals surface area contributed by atoms with E-state index in [1.807, 2.05) is 13.8 Å². The number of hydrogen-bond acceptors (Lipinski definition) is 4. The lowest BCUT2D eigenvalue weighted by Crippen LogP contribution is -2.23. The number of nitrogens with one attached hydrogen (secondary N) is 1. The molecule has 0 bridgehead atoms. The van der Waals surface area contributed by atoms with Crippen LogP contribution >= 0.6 is 0 Å². The van der Waals surface area contributed by atoms with Gasteiger partial charge in [0.15, 0.2) is 5.65 Å². The van der Waals surface area contributed by atoms with Gasteiger partial charge >= 0.3 is 0 Å². The molecule has 0 spiro atoms. The fraction of sp³-hybridized carbons (Fsp3) is 0.353. The minimum absolute atomic E-state index is 0.131. The molecular weight excluding hydrogens is 290 g/mol. The van der Waals surface area contributed by atoms with Crippen LogP contribution < -0.4 is 10.5 Å². The molecule has 1 saturated heterocycles. The number of nitrogens with zero attached hydrogens (tertiary/aromatic N) is 4. The van der Waals surface area contributed by atoms with Crippen LogP contribution in [0.15, 0.2) is 29.2 Å². The number of H-pyrrole nitrogens is 1. The average Bonchev–Trinajstić information content (AvgIpc) is 3.18. The topological polar surface area (TPSA) is 66.8 Å². The third-order valence-electron chi connectivity index (χ3n) is 4.39. The fourth-order valence-electron chi connectivity index (χ4n) is 3.07. The Bertz CT molecular complexity index is 934. The SMILES string of the molecule is Cc1ccc(C)c(-n2cc3c(=O)[nH]c(N4CCCC4)nc3n2)c1. The molecule has 1 aliphatic heterocycles.